The van der Waals surface area contributed by atoms with Gasteiger partial charge in [-0.05, 0) is 0 Å². The molecule has 0 aromatic heterocycles. The van der Waals surface area contributed by atoms with Crippen LogP contribution in [0.15, 0.2) is 0 Å². The third kappa shape index (κ3) is 1.16. The molecule has 64 valence electrons. The van der Waals surface area contributed by atoms with Crippen LogP contribution in [0.25, 0.3) is 0 Å². The predicted octanol–water partition coefficient (Wildman–Crippen LogP) is -0.229. The van der Waals surface area contributed by atoms with Gasteiger partial charge >= 0.3 is 0 Å². The summed E-state index contributed by atoms with van der Waals surface area (Å²) in [7, 11) is 3.21. The van der Waals surface area contributed by atoms with Crippen molar-refractivity contribution in [2.45, 2.75) is 24.6 Å². The topological polar surface area (TPSA) is 40.2 Å². The summed E-state index contributed by atoms with van der Waals surface area (Å²) < 4.78 is 20.8. The first-order valence-electron chi connectivity index (χ1n) is 3.69. The SMILES string of the molecule is COC(OC)[C@@H]1OC[C@H]2O[C@H]21. The van der Waals surface area contributed by atoms with Gasteiger partial charge in [0.2, 0.25) is 0 Å². The number of fused-ring (bicyclic) bond motifs is 1. The van der Waals surface area contributed by atoms with Gasteiger partial charge in [-0.3, -0.25) is 0 Å². The molecule has 0 aliphatic carbocycles. The summed E-state index contributed by atoms with van der Waals surface area (Å²) in [6.07, 6.45) is 0.190. The lowest BCUT2D eigenvalue weighted by molar-refractivity contribution is -0.182. The number of methoxy groups -OCH3 is 2. The maximum Gasteiger partial charge on any atom is 0.185 e. The molecule has 3 atom stereocenters. The van der Waals surface area contributed by atoms with E-state index in [0.717, 1.165) is 0 Å². The van der Waals surface area contributed by atoms with Crippen LogP contribution in [0.4, 0.5) is 0 Å². The molecular weight excluding hydrogens is 148 g/mol. The van der Waals surface area contributed by atoms with Gasteiger partial charge in [0, 0.05) is 14.2 Å². The van der Waals surface area contributed by atoms with Gasteiger partial charge in [-0.2, -0.15) is 0 Å². The van der Waals surface area contributed by atoms with E-state index in [2.05, 4.69) is 0 Å². The maximum atomic E-state index is 5.38. The Morgan fingerprint density at radius 2 is 2.09 bits per heavy atom. The minimum absolute atomic E-state index is 0.0324. The molecule has 0 spiro atoms. The highest BCUT2D eigenvalue weighted by atomic mass is 16.7. The van der Waals surface area contributed by atoms with Crippen LogP contribution in [0.2, 0.25) is 0 Å². The number of ether oxygens (including phenoxy) is 4. The highest BCUT2D eigenvalue weighted by Crippen LogP contribution is 2.36. The minimum atomic E-state index is -0.285. The zero-order valence-electron chi connectivity index (χ0n) is 6.65. The molecule has 0 bridgehead atoms. The lowest BCUT2D eigenvalue weighted by atomic mass is 10.2. The molecule has 0 aromatic rings. The maximum absolute atomic E-state index is 5.38. The third-order valence-corrected chi connectivity index (χ3v) is 2.13. The molecule has 11 heavy (non-hydrogen) atoms. The van der Waals surface area contributed by atoms with Crippen molar-refractivity contribution in [3.63, 3.8) is 0 Å². The molecule has 0 amide bonds. The van der Waals surface area contributed by atoms with Crippen molar-refractivity contribution in [3.8, 4) is 0 Å². The summed E-state index contributed by atoms with van der Waals surface area (Å²) in [5.74, 6) is 0. The van der Waals surface area contributed by atoms with Gasteiger partial charge in [0.1, 0.15) is 18.3 Å². The Hall–Kier alpha value is -0.160. The fourth-order valence-corrected chi connectivity index (χ4v) is 1.48. The van der Waals surface area contributed by atoms with Crippen molar-refractivity contribution in [3.05, 3.63) is 0 Å². The van der Waals surface area contributed by atoms with E-state index in [9.17, 15) is 0 Å². The first kappa shape index (κ1) is 7.49. The second kappa shape index (κ2) is 2.71. The number of epoxide rings is 1. The second-order valence-electron chi connectivity index (χ2n) is 2.78. The quantitative estimate of drug-likeness (QED) is 0.422. The first-order valence-corrected chi connectivity index (χ1v) is 3.69. The monoisotopic (exact) mass is 160 g/mol. The molecule has 0 aromatic carbocycles. The van der Waals surface area contributed by atoms with E-state index < -0.39 is 0 Å². The lowest BCUT2D eigenvalue weighted by Crippen LogP contribution is -2.34. The van der Waals surface area contributed by atoms with Crippen LogP contribution in [0.5, 0.6) is 0 Å². The van der Waals surface area contributed by atoms with Gasteiger partial charge in [0.25, 0.3) is 0 Å². The second-order valence-corrected chi connectivity index (χ2v) is 2.78. The Morgan fingerprint density at radius 1 is 1.36 bits per heavy atom. The van der Waals surface area contributed by atoms with E-state index in [1.54, 1.807) is 14.2 Å². The predicted molar refractivity (Wildman–Crippen MR) is 36.2 cm³/mol. The van der Waals surface area contributed by atoms with Gasteiger partial charge in [-0.25, -0.2) is 0 Å². The summed E-state index contributed by atoms with van der Waals surface area (Å²) in [5.41, 5.74) is 0. The standard InChI is InChI=1S/C7H12O4/c1-8-7(9-2)6-5-4(11-5)3-10-6/h4-7H,3H2,1-2H3/t4-,5-,6-/m1/s1. The van der Waals surface area contributed by atoms with Crippen LogP contribution in [0.3, 0.4) is 0 Å². The molecule has 2 saturated heterocycles. The van der Waals surface area contributed by atoms with Crippen molar-refractivity contribution in [2.75, 3.05) is 20.8 Å². The van der Waals surface area contributed by atoms with Crippen molar-refractivity contribution in [1.29, 1.82) is 0 Å². The summed E-state index contributed by atoms with van der Waals surface area (Å²) in [6.45, 7) is 0.679. The van der Waals surface area contributed by atoms with E-state index in [1.807, 2.05) is 0 Å². The highest BCUT2D eigenvalue weighted by Gasteiger charge is 2.54. The van der Waals surface area contributed by atoms with E-state index in [-0.39, 0.29) is 18.5 Å². The summed E-state index contributed by atoms with van der Waals surface area (Å²) in [4.78, 5) is 0. The molecule has 2 rings (SSSR count). The van der Waals surface area contributed by atoms with Gasteiger partial charge in [-0.15, -0.1) is 0 Å². The fraction of sp³-hybridized carbons (Fsp3) is 1.00. The summed E-state index contributed by atoms with van der Waals surface area (Å²) >= 11 is 0. The van der Waals surface area contributed by atoms with Crippen LogP contribution in [-0.4, -0.2) is 45.4 Å². The van der Waals surface area contributed by atoms with E-state index in [1.165, 1.54) is 0 Å². The Morgan fingerprint density at radius 3 is 2.45 bits per heavy atom. The fourth-order valence-electron chi connectivity index (χ4n) is 1.48. The summed E-state index contributed by atoms with van der Waals surface area (Å²) in [5, 5.41) is 0. The van der Waals surface area contributed by atoms with E-state index >= 15 is 0 Å². The van der Waals surface area contributed by atoms with E-state index in [4.69, 9.17) is 18.9 Å². The zero-order valence-corrected chi connectivity index (χ0v) is 6.65. The van der Waals surface area contributed by atoms with Crippen molar-refractivity contribution >= 4 is 0 Å². The molecule has 0 N–H and O–H groups in total. The normalized spacial score (nSPS) is 41.2. The Kier molecular flexibility index (Phi) is 1.85. The zero-order chi connectivity index (χ0) is 7.84. The molecule has 0 unspecified atom stereocenters. The highest BCUT2D eigenvalue weighted by molar-refractivity contribution is 4.98. The van der Waals surface area contributed by atoms with Crippen LogP contribution >= 0.6 is 0 Å². The molecule has 0 radical (unpaired) electrons. The molecule has 2 aliphatic heterocycles. The van der Waals surface area contributed by atoms with Gasteiger partial charge in [0.05, 0.1) is 6.61 Å². The van der Waals surface area contributed by atoms with Crippen molar-refractivity contribution in [2.24, 2.45) is 0 Å². The third-order valence-electron chi connectivity index (χ3n) is 2.13. The molecule has 2 fully saturated rings. The lowest BCUT2D eigenvalue weighted by Gasteiger charge is -2.20. The molecule has 4 heteroatoms. The molecule has 2 aliphatic rings. The Bertz CT molecular complexity index is 145. The van der Waals surface area contributed by atoms with Gasteiger partial charge in [0.15, 0.2) is 6.29 Å². The minimum Gasteiger partial charge on any atom is -0.367 e. The van der Waals surface area contributed by atoms with Crippen LogP contribution in [0.1, 0.15) is 0 Å². The average Bonchev–Trinajstić information content (AvgIpc) is 2.70. The summed E-state index contributed by atoms with van der Waals surface area (Å²) in [6, 6.07) is 0. The molecule has 0 saturated carbocycles. The van der Waals surface area contributed by atoms with Crippen molar-refractivity contribution < 1.29 is 18.9 Å². The average molecular weight is 160 g/mol. The van der Waals surface area contributed by atoms with Crippen LogP contribution < -0.4 is 0 Å². The molecule has 2 heterocycles. The molecule has 4 nitrogen and oxygen atoms in total. The first-order chi connectivity index (χ1) is 5.36. The number of hydrogen-bond acceptors (Lipinski definition) is 4. The van der Waals surface area contributed by atoms with Gasteiger partial charge < -0.3 is 18.9 Å². The Balaban J connectivity index is 1.92. The number of hydrogen-bond donors (Lipinski definition) is 0. The van der Waals surface area contributed by atoms with Crippen LogP contribution in [0, 0.1) is 0 Å². The van der Waals surface area contributed by atoms with Crippen molar-refractivity contribution in [1.82, 2.24) is 0 Å². The Labute approximate surface area is 65.4 Å². The smallest absolute Gasteiger partial charge is 0.185 e. The number of rotatable bonds is 3. The molecular formula is C7H12O4. The van der Waals surface area contributed by atoms with Crippen LogP contribution in [-0.2, 0) is 18.9 Å². The van der Waals surface area contributed by atoms with E-state index in [0.29, 0.717) is 12.7 Å². The largest absolute Gasteiger partial charge is 0.367 e. The van der Waals surface area contributed by atoms with Gasteiger partial charge in [-0.1, -0.05) is 0 Å².